The average molecular weight is 547 g/mol. The molecule has 0 spiro atoms. The molecule has 38 heavy (non-hydrogen) atoms. The number of carbonyl (C=O) groups excluding carboxylic acids is 1. The lowest BCUT2D eigenvalue weighted by atomic mass is 9.99. The van der Waals surface area contributed by atoms with Crippen molar-refractivity contribution < 1.29 is 40.6 Å². The van der Waals surface area contributed by atoms with Gasteiger partial charge in [-0.25, -0.2) is 9.97 Å². The number of halogens is 6. The van der Waals surface area contributed by atoms with Crippen molar-refractivity contribution in [3.8, 4) is 0 Å². The summed E-state index contributed by atoms with van der Waals surface area (Å²) in [4.78, 5) is 21.3. The van der Waals surface area contributed by atoms with E-state index in [4.69, 9.17) is 9.47 Å². The maximum absolute atomic E-state index is 13.5. The number of piperidine rings is 1. The molecule has 2 unspecified atom stereocenters. The van der Waals surface area contributed by atoms with Crippen LogP contribution in [-0.2, 0) is 21.8 Å². The Kier molecular flexibility index (Phi) is 8.43. The van der Waals surface area contributed by atoms with Gasteiger partial charge in [-0.15, -0.1) is 0 Å². The van der Waals surface area contributed by atoms with Gasteiger partial charge in [0.15, 0.2) is 0 Å². The fraction of sp³-hybridized carbons (Fsp3) is 0.542. The summed E-state index contributed by atoms with van der Waals surface area (Å²) in [6.07, 6.45) is -7.77. The minimum absolute atomic E-state index is 0.0898. The van der Waals surface area contributed by atoms with Gasteiger partial charge >= 0.3 is 12.4 Å². The number of ether oxygens (including phenoxy) is 2. The highest BCUT2D eigenvalue weighted by Gasteiger charge is 2.37. The van der Waals surface area contributed by atoms with E-state index in [0.29, 0.717) is 39.1 Å². The molecule has 2 saturated heterocycles. The smallest absolute Gasteiger partial charge is 0.379 e. The van der Waals surface area contributed by atoms with Crippen LogP contribution in [0.2, 0.25) is 0 Å². The van der Waals surface area contributed by atoms with E-state index >= 15 is 0 Å². The minimum Gasteiger partial charge on any atom is -0.379 e. The van der Waals surface area contributed by atoms with Crippen LogP contribution in [0.5, 0.6) is 0 Å². The lowest BCUT2D eigenvalue weighted by Crippen LogP contribution is -2.54. The Labute approximate surface area is 214 Å². The van der Waals surface area contributed by atoms with Gasteiger partial charge in [-0.2, -0.15) is 26.3 Å². The molecule has 14 heteroatoms. The first-order valence-corrected chi connectivity index (χ1v) is 12.0. The van der Waals surface area contributed by atoms with Crippen molar-refractivity contribution in [2.45, 2.75) is 49.8 Å². The summed E-state index contributed by atoms with van der Waals surface area (Å²) < 4.78 is 90.5. The first kappa shape index (κ1) is 28.0. The third-order valence-electron chi connectivity index (χ3n) is 6.50. The van der Waals surface area contributed by atoms with Gasteiger partial charge in [-0.3, -0.25) is 4.79 Å². The monoisotopic (exact) mass is 547 g/mol. The van der Waals surface area contributed by atoms with E-state index in [2.05, 4.69) is 20.6 Å². The predicted octanol–water partition coefficient (Wildman–Crippen LogP) is 4.26. The molecule has 1 aromatic carbocycles. The van der Waals surface area contributed by atoms with E-state index in [-0.39, 0.29) is 23.9 Å². The van der Waals surface area contributed by atoms with Crippen molar-refractivity contribution in [3.05, 3.63) is 47.4 Å². The van der Waals surface area contributed by atoms with E-state index in [9.17, 15) is 31.1 Å². The number of rotatable bonds is 6. The van der Waals surface area contributed by atoms with Crippen LogP contribution in [0.4, 0.5) is 37.8 Å². The van der Waals surface area contributed by atoms with Crippen molar-refractivity contribution in [1.29, 1.82) is 0 Å². The standard InChI is InChI=1S/C24H27F6N5O3/c1-37-19-13-38-10-7-17(19)31-15-5-8-35(9-6-15)21(36)18-12-20(34-22(33-18)24(28,29)30)32-16-4-2-3-14(11-16)23(25,26)27/h2-4,11-12,15,17,19,31H,5-10,13H2,1H3,(H,32,33,34). The number of anilines is 2. The largest absolute Gasteiger partial charge is 0.451 e. The molecular weight excluding hydrogens is 520 g/mol. The second-order valence-electron chi connectivity index (χ2n) is 9.14. The summed E-state index contributed by atoms with van der Waals surface area (Å²) in [5.41, 5.74) is -1.63. The SMILES string of the molecule is COC1COCCC1NC1CCN(C(=O)c2cc(Nc3cccc(C(F)(F)F)c3)nc(C(F)(F)F)n2)CC1. The molecule has 3 heterocycles. The predicted molar refractivity (Wildman–Crippen MR) is 124 cm³/mol. The third kappa shape index (κ3) is 6.91. The Hall–Kier alpha value is -2.97. The van der Waals surface area contributed by atoms with Gasteiger partial charge in [0.2, 0.25) is 5.82 Å². The molecule has 4 rings (SSSR count). The van der Waals surface area contributed by atoms with Gasteiger partial charge in [-0.05, 0) is 37.5 Å². The lowest BCUT2D eigenvalue weighted by molar-refractivity contribution is -0.145. The van der Waals surface area contributed by atoms with Crippen molar-refractivity contribution >= 4 is 17.4 Å². The first-order chi connectivity index (χ1) is 17.9. The molecule has 0 radical (unpaired) electrons. The molecule has 2 aliphatic heterocycles. The minimum atomic E-state index is -4.97. The molecule has 2 aliphatic rings. The van der Waals surface area contributed by atoms with Gasteiger partial charge in [0.05, 0.1) is 18.3 Å². The highest BCUT2D eigenvalue weighted by molar-refractivity contribution is 5.93. The summed E-state index contributed by atoms with van der Waals surface area (Å²) in [5.74, 6) is -2.74. The van der Waals surface area contributed by atoms with Crippen LogP contribution in [0.1, 0.15) is 41.1 Å². The maximum Gasteiger partial charge on any atom is 0.451 e. The van der Waals surface area contributed by atoms with E-state index in [1.54, 1.807) is 7.11 Å². The number of methoxy groups -OCH3 is 1. The van der Waals surface area contributed by atoms with Crippen molar-refractivity contribution in [3.63, 3.8) is 0 Å². The zero-order chi connectivity index (χ0) is 27.5. The van der Waals surface area contributed by atoms with Crippen molar-refractivity contribution in [2.24, 2.45) is 0 Å². The molecule has 8 nitrogen and oxygen atoms in total. The molecular formula is C24H27F6N5O3. The fourth-order valence-corrected chi connectivity index (χ4v) is 4.52. The van der Waals surface area contributed by atoms with Gasteiger partial charge in [-0.1, -0.05) is 6.07 Å². The maximum atomic E-state index is 13.5. The van der Waals surface area contributed by atoms with Crippen LogP contribution >= 0.6 is 0 Å². The summed E-state index contributed by atoms with van der Waals surface area (Å²) in [5, 5.41) is 5.97. The molecule has 1 aromatic heterocycles. The molecule has 2 atom stereocenters. The average Bonchev–Trinajstić information content (AvgIpc) is 2.88. The Morgan fingerprint density at radius 3 is 2.45 bits per heavy atom. The van der Waals surface area contributed by atoms with Crippen LogP contribution in [-0.4, -0.2) is 72.4 Å². The third-order valence-corrected chi connectivity index (χ3v) is 6.50. The van der Waals surface area contributed by atoms with E-state index in [1.807, 2.05) is 0 Å². The van der Waals surface area contributed by atoms with Crippen LogP contribution in [0.15, 0.2) is 30.3 Å². The summed E-state index contributed by atoms with van der Waals surface area (Å²) in [6, 6.07) is 5.12. The molecule has 2 aromatic rings. The fourth-order valence-electron chi connectivity index (χ4n) is 4.52. The number of carbonyl (C=O) groups is 1. The Bertz CT molecular complexity index is 1120. The number of hydrogen-bond acceptors (Lipinski definition) is 7. The number of likely N-dealkylation sites (tertiary alicyclic amines) is 1. The highest BCUT2D eigenvalue weighted by Crippen LogP contribution is 2.32. The Morgan fingerprint density at radius 2 is 1.79 bits per heavy atom. The van der Waals surface area contributed by atoms with Gasteiger partial charge in [0.25, 0.3) is 5.91 Å². The van der Waals surface area contributed by atoms with Gasteiger partial charge in [0.1, 0.15) is 11.5 Å². The molecule has 2 N–H and O–H groups in total. The second kappa shape index (κ2) is 11.4. The first-order valence-electron chi connectivity index (χ1n) is 12.0. The van der Waals surface area contributed by atoms with Gasteiger partial charge in [0, 0.05) is 50.6 Å². The van der Waals surface area contributed by atoms with Crippen LogP contribution in [0.3, 0.4) is 0 Å². The normalized spacial score (nSPS) is 21.4. The van der Waals surface area contributed by atoms with Crippen molar-refractivity contribution in [1.82, 2.24) is 20.2 Å². The topological polar surface area (TPSA) is 88.6 Å². The molecule has 2 fully saturated rings. The zero-order valence-electron chi connectivity index (χ0n) is 20.4. The number of benzene rings is 1. The zero-order valence-corrected chi connectivity index (χ0v) is 20.4. The quantitative estimate of drug-likeness (QED) is 0.523. The number of aromatic nitrogens is 2. The summed E-state index contributed by atoms with van der Waals surface area (Å²) in [6.45, 7) is 1.68. The number of nitrogens with zero attached hydrogens (tertiary/aromatic N) is 3. The van der Waals surface area contributed by atoms with E-state index in [0.717, 1.165) is 30.7 Å². The molecule has 1 amide bonds. The van der Waals surface area contributed by atoms with Crippen LogP contribution in [0.25, 0.3) is 0 Å². The molecule has 0 saturated carbocycles. The summed E-state index contributed by atoms with van der Waals surface area (Å²) in [7, 11) is 1.61. The van der Waals surface area contributed by atoms with Gasteiger partial charge < -0.3 is 25.0 Å². The Morgan fingerprint density at radius 1 is 1.05 bits per heavy atom. The number of nitrogens with one attached hydrogen (secondary N) is 2. The second-order valence-corrected chi connectivity index (χ2v) is 9.14. The number of hydrogen-bond donors (Lipinski definition) is 2. The number of amides is 1. The highest BCUT2D eigenvalue weighted by atomic mass is 19.4. The van der Waals surface area contributed by atoms with Crippen LogP contribution < -0.4 is 10.6 Å². The summed E-state index contributed by atoms with van der Waals surface area (Å²) >= 11 is 0. The Balaban J connectivity index is 1.47. The van der Waals surface area contributed by atoms with Crippen LogP contribution in [0, 0.1) is 0 Å². The van der Waals surface area contributed by atoms with E-state index in [1.165, 1.54) is 11.0 Å². The molecule has 0 aliphatic carbocycles. The molecule has 208 valence electrons. The van der Waals surface area contributed by atoms with E-state index < -0.39 is 41.2 Å². The number of alkyl halides is 6. The lowest BCUT2D eigenvalue weighted by Gasteiger charge is -2.38. The van der Waals surface area contributed by atoms with Crippen molar-refractivity contribution in [2.75, 3.05) is 38.7 Å². The molecule has 0 bridgehead atoms.